The topological polar surface area (TPSA) is 200 Å². The number of methoxy groups -OCH3 is 2. The van der Waals surface area contributed by atoms with Crippen molar-refractivity contribution in [3.8, 4) is 23.0 Å². The molecule has 5 N–H and O–H groups in total. The maximum atomic E-state index is 14.1. The van der Waals surface area contributed by atoms with Gasteiger partial charge in [0.25, 0.3) is 11.8 Å². The number of carbonyl (C=O) groups excluding carboxylic acids is 5. The molecule has 0 saturated carbocycles. The Labute approximate surface area is 418 Å². The highest BCUT2D eigenvalue weighted by Gasteiger charge is 2.38. The predicted octanol–water partition coefficient (Wildman–Crippen LogP) is 9.77. The van der Waals surface area contributed by atoms with E-state index in [0.29, 0.717) is 82.1 Å². The molecule has 17 heteroatoms. The second-order valence-corrected chi connectivity index (χ2v) is 21.3. The van der Waals surface area contributed by atoms with Gasteiger partial charge in [0, 0.05) is 65.5 Å². The molecular weight excluding hydrogens is 929 g/mol. The lowest BCUT2D eigenvalue weighted by Crippen LogP contribution is -2.42. The number of Topliss-reactive ketones (excluding diaryl/α,β-unsaturated/α-hetero) is 1. The highest BCUT2D eigenvalue weighted by atomic mass is 33.1. The van der Waals surface area contributed by atoms with Crippen LogP contribution in [0.15, 0.2) is 83.9 Å². The molecule has 0 bridgehead atoms. The summed E-state index contributed by atoms with van der Waals surface area (Å²) >= 11 is 0. The minimum atomic E-state index is -0.868. The average Bonchev–Trinajstić information content (AvgIpc) is 3.65. The molecule has 70 heavy (non-hydrogen) atoms. The normalized spacial score (nSPS) is 15.0. The molecule has 4 aromatic carbocycles. The molecule has 0 aromatic heterocycles. The molecule has 0 spiro atoms. The summed E-state index contributed by atoms with van der Waals surface area (Å²) in [7, 11) is 6.39. The summed E-state index contributed by atoms with van der Waals surface area (Å²) in [6.07, 6.45) is 8.93. The van der Waals surface area contributed by atoms with Gasteiger partial charge >= 0.3 is 0 Å². The molecule has 1 unspecified atom stereocenters. The number of aliphatic imine (C=N–C) groups is 1. The van der Waals surface area contributed by atoms with E-state index in [1.54, 1.807) is 72.0 Å². The number of nitrogens with two attached hydrogens (primary N) is 1. The fraction of sp³-hybridized carbons (Fsp3) is 0.396. The van der Waals surface area contributed by atoms with E-state index in [1.165, 1.54) is 20.3 Å². The molecule has 4 amide bonds. The number of fused-ring (bicyclic) bond motifs is 4. The lowest BCUT2D eigenvalue weighted by Gasteiger charge is -2.25. The van der Waals surface area contributed by atoms with E-state index in [1.807, 2.05) is 48.2 Å². The van der Waals surface area contributed by atoms with Gasteiger partial charge in [-0.3, -0.25) is 24.2 Å². The third-order valence-electron chi connectivity index (χ3n) is 11.8. The number of anilines is 3. The van der Waals surface area contributed by atoms with E-state index in [2.05, 4.69) is 47.8 Å². The fourth-order valence-electron chi connectivity index (χ4n) is 7.96. The smallest absolute Gasteiger partial charge is 0.260 e. The van der Waals surface area contributed by atoms with Crippen LogP contribution in [-0.4, -0.2) is 78.5 Å². The number of para-hydroxylation sites is 1. The largest absolute Gasteiger partial charge is 0.493 e. The molecule has 0 saturated heterocycles. The number of ketones is 1. The van der Waals surface area contributed by atoms with E-state index in [4.69, 9.17) is 24.7 Å². The summed E-state index contributed by atoms with van der Waals surface area (Å²) in [5.74, 6) is 0.0306. The number of amides is 4. The Hall–Kier alpha value is -6.46. The van der Waals surface area contributed by atoms with Crippen molar-refractivity contribution in [2.45, 2.75) is 115 Å². The van der Waals surface area contributed by atoms with Gasteiger partial charge < -0.3 is 50.3 Å². The van der Waals surface area contributed by atoms with Crippen molar-refractivity contribution in [3.05, 3.63) is 107 Å². The van der Waals surface area contributed by atoms with Crippen molar-refractivity contribution in [1.82, 2.24) is 5.32 Å². The number of hydrogen-bond acceptors (Lipinski definition) is 13. The molecule has 2 aliphatic rings. The van der Waals surface area contributed by atoms with Gasteiger partial charge in [-0.05, 0) is 107 Å². The predicted molar refractivity (Wildman–Crippen MR) is 281 cm³/mol. The first-order valence-electron chi connectivity index (χ1n) is 23.3. The molecule has 0 radical (unpaired) electrons. The Morgan fingerprint density at radius 3 is 2.30 bits per heavy atom. The van der Waals surface area contributed by atoms with Crippen molar-refractivity contribution in [3.63, 3.8) is 0 Å². The van der Waals surface area contributed by atoms with Crippen molar-refractivity contribution < 1.29 is 42.9 Å². The summed E-state index contributed by atoms with van der Waals surface area (Å²) in [4.78, 5) is 71.1. The molecule has 15 nitrogen and oxygen atoms in total. The Bertz CT molecular complexity index is 2640. The molecule has 2 aliphatic heterocycles. The standard InChI is InChI=1S/C53H64N6O9S2/c1-9-10-13-20-55-42-27-47(45(65-7)25-40(42)50(54)62)67-30-35-21-36(23-38(22-35)58-51(63)34(4)57-49(61)18-19-53(5,6)70-69-33(3)17-16-32(2)60)31-68-48-28-43-41(26-46(48)66-8)52(64)59-39(29-56-43)24-37-14-11-12-15-44(37)59/h9-12,14-15,20-23,25-28,33-34,39,56H,13,16-19,24,29-31H2,1-8H3,(H2,54,62)(H,57,61)(H,58,63)/b10-9-,55-20-/t33?,34-,39-/m0/s1. The van der Waals surface area contributed by atoms with Gasteiger partial charge in [-0.25, -0.2) is 0 Å². The molecule has 4 aromatic rings. The van der Waals surface area contributed by atoms with Crippen LogP contribution in [0, 0.1) is 0 Å². The Morgan fingerprint density at radius 1 is 0.943 bits per heavy atom. The number of hydrogen-bond donors (Lipinski definition) is 4. The van der Waals surface area contributed by atoms with Crippen molar-refractivity contribution >= 4 is 80.0 Å². The average molecular weight is 993 g/mol. The van der Waals surface area contributed by atoms with Crippen LogP contribution in [0.5, 0.6) is 23.0 Å². The van der Waals surface area contributed by atoms with Crippen molar-refractivity contribution in [2.75, 3.05) is 36.3 Å². The lowest BCUT2D eigenvalue weighted by atomic mass is 10.1. The molecule has 372 valence electrons. The fourth-order valence-corrected chi connectivity index (χ4v) is 10.6. The van der Waals surface area contributed by atoms with E-state index in [-0.39, 0.29) is 59.3 Å². The monoisotopic (exact) mass is 992 g/mol. The first-order chi connectivity index (χ1) is 33.5. The van der Waals surface area contributed by atoms with Crippen molar-refractivity contribution in [2.24, 2.45) is 10.7 Å². The van der Waals surface area contributed by atoms with Gasteiger partial charge in [0.15, 0.2) is 23.0 Å². The first-order valence-corrected chi connectivity index (χ1v) is 25.6. The SMILES string of the molecule is C/C=C\C/C=N\c1cc(OCc2cc(COc3cc4c(cc3OC)C(=O)N3c5ccccc5C[C@H]3CN4)cc(NC(=O)[C@H](C)NC(=O)CCC(C)(C)SSC(C)CCC(C)=O)c2)c(OC)cc1C(N)=O. The molecule has 6 rings (SSSR count). The highest BCUT2D eigenvalue weighted by Crippen LogP contribution is 2.43. The number of benzene rings is 4. The highest BCUT2D eigenvalue weighted by molar-refractivity contribution is 8.77. The van der Waals surface area contributed by atoms with Crippen LogP contribution in [0.2, 0.25) is 0 Å². The molecular formula is C53H64N6O9S2. The zero-order valence-corrected chi connectivity index (χ0v) is 42.8. The number of ether oxygens (including phenoxy) is 4. The van der Waals surface area contributed by atoms with Crippen LogP contribution in [0.4, 0.5) is 22.7 Å². The van der Waals surface area contributed by atoms with Gasteiger partial charge in [0.2, 0.25) is 11.8 Å². The Morgan fingerprint density at radius 2 is 1.63 bits per heavy atom. The zero-order valence-electron chi connectivity index (χ0n) is 41.1. The Kier molecular flexibility index (Phi) is 18.4. The number of allylic oxidation sites excluding steroid dienone is 2. The molecule has 3 atom stereocenters. The van der Waals surface area contributed by atoms with E-state index >= 15 is 0 Å². The molecule has 0 aliphatic carbocycles. The summed E-state index contributed by atoms with van der Waals surface area (Å²) in [6, 6.07) is 19.0. The van der Waals surface area contributed by atoms with Crippen LogP contribution < -0.4 is 45.5 Å². The molecule has 0 fully saturated rings. The zero-order chi connectivity index (χ0) is 50.5. The first kappa shape index (κ1) is 52.9. The second kappa shape index (κ2) is 24.4. The summed E-state index contributed by atoms with van der Waals surface area (Å²) in [6.45, 7) is 12.0. The van der Waals surface area contributed by atoms with Crippen LogP contribution >= 0.6 is 21.6 Å². The van der Waals surface area contributed by atoms with E-state index in [0.717, 1.165) is 24.1 Å². The minimum Gasteiger partial charge on any atom is -0.493 e. The van der Waals surface area contributed by atoms with Crippen LogP contribution in [0.25, 0.3) is 0 Å². The van der Waals surface area contributed by atoms with Gasteiger partial charge in [0.05, 0.1) is 42.8 Å². The van der Waals surface area contributed by atoms with Crippen LogP contribution in [-0.2, 0) is 34.0 Å². The number of nitrogens with zero attached hydrogens (tertiary/aromatic N) is 2. The summed E-state index contributed by atoms with van der Waals surface area (Å²) < 4.78 is 23.9. The van der Waals surface area contributed by atoms with Gasteiger partial charge in [0.1, 0.15) is 25.0 Å². The summed E-state index contributed by atoms with van der Waals surface area (Å²) in [5, 5.41) is 9.57. The van der Waals surface area contributed by atoms with Gasteiger partial charge in [-0.1, -0.05) is 58.9 Å². The summed E-state index contributed by atoms with van der Waals surface area (Å²) in [5.41, 5.74) is 11.0. The van der Waals surface area contributed by atoms with Crippen molar-refractivity contribution in [1.29, 1.82) is 0 Å². The maximum absolute atomic E-state index is 14.1. The third-order valence-corrected chi connectivity index (χ3v) is 15.7. The number of carbonyl (C=O) groups is 5. The van der Waals surface area contributed by atoms with Gasteiger partial charge in [-0.2, -0.15) is 0 Å². The quantitative estimate of drug-likeness (QED) is 0.0295. The second-order valence-electron chi connectivity index (χ2n) is 18.0. The van der Waals surface area contributed by atoms with E-state index < -0.39 is 17.9 Å². The van der Waals surface area contributed by atoms with Gasteiger partial charge in [-0.15, -0.1) is 0 Å². The number of primary amides is 1. The minimum absolute atomic E-state index is 0.00636. The van der Waals surface area contributed by atoms with E-state index in [9.17, 15) is 24.0 Å². The van der Waals surface area contributed by atoms with Crippen LogP contribution in [0.1, 0.15) is 111 Å². The Balaban J connectivity index is 1.21. The third kappa shape index (κ3) is 14.1. The molecule has 2 heterocycles. The maximum Gasteiger partial charge on any atom is 0.260 e. The lowest BCUT2D eigenvalue weighted by molar-refractivity contribution is -0.126. The van der Waals surface area contributed by atoms with Crippen LogP contribution in [0.3, 0.4) is 0 Å². The number of rotatable bonds is 24. The number of nitrogens with one attached hydrogen (secondary N) is 3.